The average Bonchev–Trinajstić information content (AvgIpc) is 3.10. The third-order valence-corrected chi connectivity index (χ3v) is 8.25. The number of ketones is 1. The van der Waals surface area contributed by atoms with E-state index >= 15 is 0 Å². The molecule has 0 spiro atoms. The summed E-state index contributed by atoms with van der Waals surface area (Å²) in [6.45, 7) is 11.6. The first kappa shape index (κ1) is 26.9. The normalized spacial score (nSPS) is 26.8. The number of Topliss-reactive ketones (excluding diaryl/α,β-unsaturated/α-hetero) is 1. The summed E-state index contributed by atoms with van der Waals surface area (Å²) in [5.41, 5.74) is 4.91. The lowest BCUT2D eigenvalue weighted by atomic mass is 9.48. The van der Waals surface area contributed by atoms with E-state index in [2.05, 4.69) is 44.8 Å². The van der Waals surface area contributed by atoms with E-state index in [4.69, 9.17) is 12.2 Å². The lowest BCUT2D eigenvalue weighted by Gasteiger charge is -2.56. The van der Waals surface area contributed by atoms with E-state index in [1.807, 2.05) is 20.8 Å². The number of hydrogen-bond donors (Lipinski definition) is 3. The van der Waals surface area contributed by atoms with Crippen LogP contribution >= 0.6 is 24.0 Å². The molecule has 10 heteroatoms. The fourth-order valence-corrected chi connectivity index (χ4v) is 7.65. The molecule has 0 aromatic carbocycles. The SMILES string of the molecule is CC(=O)NNC(=S)NC(C)C.Cc1nnc(SCC(=O)C23CC4CC(CC(C4)C2)C3)n1C(C)C. The second-order valence-corrected chi connectivity index (χ2v) is 12.2. The third kappa shape index (κ3) is 6.71. The molecule has 1 heterocycles. The first-order chi connectivity index (χ1) is 16.0. The summed E-state index contributed by atoms with van der Waals surface area (Å²) in [5.74, 6) is 4.31. The molecule has 8 nitrogen and oxygen atoms in total. The Morgan fingerprint density at radius 3 is 2.09 bits per heavy atom. The zero-order valence-electron chi connectivity index (χ0n) is 21.3. The number of thioether (sulfide) groups is 1. The number of nitrogens with one attached hydrogen (secondary N) is 3. The summed E-state index contributed by atoms with van der Waals surface area (Å²) < 4.78 is 2.14. The van der Waals surface area contributed by atoms with Crippen molar-refractivity contribution in [3.63, 3.8) is 0 Å². The maximum Gasteiger partial charge on any atom is 0.235 e. The van der Waals surface area contributed by atoms with Crippen LogP contribution in [0.25, 0.3) is 0 Å². The minimum Gasteiger partial charge on any atom is -0.359 e. The van der Waals surface area contributed by atoms with E-state index in [1.165, 1.54) is 26.2 Å². The van der Waals surface area contributed by atoms with Crippen LogP contribution in [0.2, 0.25) is 0 Å². The number of nitrogens with zero attached hydrogens (tertiary/aromatic N) is 3. The highest BCUT2D eigenvalue weighted by atomic mass is 32.2. The summed E-state index contributed by atoms with van der Waals surface area (Å²) in [7, 11) is 0. The number of aryl methyl sites for hydroxylation is 1. The summed E-state index contributed by atoms with van der Waals surface area (Å²) in [4.78, 5) is 23.5. The van der Waals surface area contributed by atoms with Gasteiger partial charge in [0, 0.05) is 24.4 Å². The van der Waals surface area contributed by atoms with Crippen LogP contribution in [0.3, 0.4) is 0 Å². The van der Waals surface area contributed by atoms with E-state index < -0.39 is 0 Å². The van der Waals surface area contributed by atoms with Gasteiger partial charge in [0.05, 0.1) is 5.75 Å². The van der Waals surface area contributed by atoms with Crippen molar-refractivity contribution in [2.45, 2.75) is 97.3 Å². The standard InChI is InChI=1S/C18H27N3OS.C6H13N3OS/c1-11(2)21-12(3)19-20-17(21)23-10-16(22)18-7-13-4-14(8-18)6-15(5-13)9-18;1-4(2)7-6(11)9-8-5(3)10/h11,13-15H,4-10H2,1-3H3;4H,1-3H3,(H,8,10)(H2,7,9,11). The van der Waals surface area contributed by atoms with Gasteiger partial charge in [0.15, 0.2) is 10.3 Å². The molecule has 1 aromatic rings. The molecule has 4 saturated carbocycles. The van der Waals surface area contributed by atoms with Gasteiger partial charge in [0.2, 0.25) is 5.91 Å². The molecule has 0 unspecified atom stereocenters. The Morgan fingerprint density at radius 2 is 1.62 bits per heavy atom. The zero-order chi connectivity index (χ0) is 25.0. The largest absolute Gasteiger partial charge is 0.359 e. The van der Waals surface area contributed by atoms with Crippen LogP contribution in [-0.2, 0) is 9.59 Å². The molecule has 0 saturated heterocycles. The number of aromatic nitrogens is 3. The number of carbonyl (C=O) groups excluding carboxylic acids is 2. The second-order valence-electron chi connectivity index (χ2n) is 10.8. The van der Waals surface area contributed by atoms with Gasteiger partial charge in [-0.15, -0.1) is 10.2 Å². The first-order valence-corrected chi connectivity index (χ1v) is 13.8. The topological polar surface area (TPSA) is 101 Å². The van der Waals surface area contributed by atoms with E-state index in [-0.39, 0.29) is 17.4 Å². The molecule has 4 fully saturated rings. The molecule has 4 bridgehead atoms. The van der Waals surface area contributed by atoms with Crippen LogP contribution in [0.15, 0.2) is 5.16 Å². The second kappa shape index (κ2) is 11.4. The Balaban J connectivity index is 0.000000252. The Bertz CT molecular complexity index is 863. The monoisotopic (exact) mass is 508 g/mol. The van der Waals surface area contributed by atoms with Crippen molar-refractivity contribution in [2.75, 3.05) is 5.75 Å². The van der Waals surface area contributed by atoms with E-state index in [1.54, 1.807) is 11.8 Å². The summed E-state index contributed by atoms with van der Waals surface area (Å²) in [6.07, 6.45) is 7.65. The molecule has 0 radical (unpaired) electrons. The molecule has 1 aromatic heterocycles. The van der Waals surface area contributed by atoms with Gasteiger partial charge in [0.25, 0.3) is 0 Å². The molecule has 1 amide bonds. The number of carbonyl (C=O) groups is 2. The minimum atomic E-state index is -0.169. The number of hydrogen-bond acceptors (Lipinski definition) is 6. The van der Waals surface area contributed by atoms with Gasteiger partial charge in [-0.25, -0.2) is 0 Å². The van der Waals surface area contributed by atoms with Crippen LogP contribution in [0.4, 0.5) is 0 Å². The van der Waals surface area contributed by atoms with Crippen LogP contribution in [-0.4, -0.2) is 43.4 Å². The predicted molar refractivity (Wildman–Crippen MR) is 139 cm³/mol. The predicted octanol–water partition coefficient (Wildman–Crippen LogP) is 3.96. The fraction of sp³-hybridized carbons (Fsp3) is 0.792. The Kier molecular flexibility index (Phi) is 9.00. The Morgan fingerprint density at radius 1 is 1.06 bits per heavy atom. The van der Waals surface area contributed by atoms with E-state index in [9.17, 15) is 9.59 Å². The van der Waals surface area contributed by atoms with Crippen LogP contribution < -0.4 is 16.2 Å². The molecular formula is C24H40N6O2S2. The first-order valence-electron chi connectivity index (χ1n) is 12.4. The molecule has 4 aliphatic rings. The maximum absolute atomic E-state index is 13.1. The quantitative estimate of drug-likeness (QED) is 0.302. The Hall–Kier alpha value is -1.68. The third-order valence-electron chi connectivity index (χ3n) is 7.09. The van der Waals surface area contributed by atoms with E-state index in [0.717, 1.165) is 48.0 Å². The van der Waals surface area contributed by atoms with Crippen molar-refractivity contribution in [3.05, 3.63) is 5.82 Å². The number of hydrazine groups is 1. The maximum atomic E-state index is 13.1. The number of rotatable bonds is 6. The highest BCUT2D eigenvalue weighted by molar-refractivity contribution is 7.99. The van der Waals surface area contributed by atoms with Crippen molar-refractivity contribution >= 4 is 40.8 Å². The van der Waals surface area contributed by atoms with Gasteiger partial charge in [-0.05, 0) is 103 Å². The lowest BCUT2D eigenvalue weighted by molar-refractivity contribution is -0.141. The van der Waals surface area contributed by atoms with Crippen molar-refractivity contribution < 1.29 is 9.59 Å². The van der Waals surface area contributed by atoms with Gasteiger partial charge in [-0.1, -0.05) is 11.8 Å². The van der Waals surface area contributed by atoms with Gasteiger partial charge in [-0.2, -0.15) is 0 Å². The van der Waals surface area contributed by atoms with Gasteiger partial charge >= 0.3 is 0 Å². The van der Waals surface area contributed by atoms with Crippen molar-refractivity contribution in [1.29, 1.82) is 0 Å². The molecule has 34 heavy (non-hydrogen) atoms. The minimum absolute atomic E-state index is 0.0134. The summed E-state index contributed by atoms with van der Waals surface area (Å²) in [6, 6.07) is 0.603. The fourth-order valence-electron chi connectivity index (χ4n) is 6.22. The molecule has 3 N–H and O–H groups in total. The number of amides is 1. The Labute approximate surface area is 213 Å². The average molecular weight is 509 g/mol. The highest BCUT2D eigenvalue weighted by Crippen LogP contribution is 2.60. The summed E-state index contributed by atoms with van der Waals surface area (Å²) >= 11 is 6.40. The molecule has 0 aliphatic heterocycles. The number of thiocarbonyl (C=S) groups is 1. The van der Waals surface area contributed by atoms with Gasteiger partial charge in [-0.3, -0.25) is 20.4 Å². The van der Waals surface area contributed by atoms with Crippen LogP contribution in [0.1, 0.15) is 85.0 Å². The van der Waals surface area contributed by atoms with E-state index in [0.29, 0.717) is 22.7 Å². The van der Waals surface area contributed by atoms with Crippen molar-refractivity contribution in [1.82, 2.24) is 30.9 Å². The highest BCUT2D eigenvalue weighted by Gasteiger charge is 2.54. The smallest absolute Gasteiger partial charge is 0.235 e. The zero-order valence-corrected chi connectivity index (χ0v) is 22.9. The molecule has 190 valence electrons. The van der Waals surface area contributed by atoms with Crippen molar-refractivity contribution in [3.8, 4) is 0 Å². The van der Waals surface area contributed by atoms with Crippen molar-refractivity contribution in [2.24, 2.45) is 23.2 Å². The molecule has 4 aliphatic carbocycles. The van der Waals surface area contributed by atoms with Gasteiger partial charge in [0.1, 0.15) is 11.6 Å². The summed E-state index contributed by atoms with van der Waals surface area (Å²) in [5, 5.41) is 12.7. The van der Waals surface area contributed by atoms with Crippen LogP contribution in [0.5, 0.6) is 0 Å². The molecular weight excluding hydrogens is 468 g/mol. The molecule has 5 rings (SSSR count). The molecule has 0 atom stereocenters. The van der Waals surface area contributed by atoms with Gasteiger partial charge < -0.3 is 9.88 Å². The lowest BCUT2D eigenvalue weighted by Crippen LogP contribution is -2.50. The van der Waals surface area contributed by atoms with Crippen LogP contribution in [0, 0.1) is 30.1 Å².